The molecule has 2 unspecified atom stereocenters. The van der Waals surface area contributed by atoms with Gasteiger partial charge in [0.05, 0.1) is 17.1 Å². The largest absolute Gasteiger partial charge is 0.370 e. The molecule has 1 aromatic carbocycles. The van der Waals surface area contributed by atoms with E-state index in [0.29, 0.717) is 6.42 Å². The van der Waals surface area contributed by atoms with Crippen LogP contribution in [0, 0.1) is 5.82 Å². The smallest absolute Gasteiger partial charge is 0.313 e. The number of benzene rings is 1. The van der Waals surface area contributed by atoms with E-state index in [4.69, 9.17) is 23.1 Å². The molecule has 2 rings (SSSR count). The van der Waals surface area contributed by atoms with E-state index in [9.17, 15) is 14.0 Å². The Bertz CT molecular complexity index is 648. The number of aliphatic imine (C=N–C) groups is 1. The van der Waals surface area contributed by atoms with Crippen LogP contribution in [0.1, 0.15) is 19.3 Å². The van der Waals surface area contributed by atoms with Gasteiger partial charge in [0, 0.05) is 5.69 Å². The summed E-state index contributed by atoms with van der Waals surface area (Å²) in [6.45, 7) is 0. The van der Waals surface area contributed by atoms with Crippen molar-refractivity contribution in [2.24, 2.45) is 16.5 Å². The van der Waals surface area contributed by atoms with Crippen LogP contribution in [0.3, 0.4) is 0 Å². The van der Waals surface area contributed by atoms with Crippen LogP contribution in [0.2, 0.25) is 5.02 Å². The quantitative estimate of drug-likeness (QED) is 0.367. The highest BCUT2D eigenvalue weighted by molar-refractivity contribution is 6.39. The molecule has 0 heterocycles. The number of hydrogen-bond donors (Lipinski definition) is 4. The monoisotopic (exact) mass is 341 g/mol. The number of nitrogens with two attached hydrogens (primary N) is 2. The Kier molecular flexibility index (Phi) is 5.38. The molecule has 0 bridgehead atoms. The van der Waals surface area contributed by atoms with Gasteiger partial charge >= 0.3 is 11.8 Å². The van der Waals surface area contributed by atoms with Gasteiger partial charge in [-0.1, -0.05) is 11.6 Å². The molecule has 1 aliphatic carbocycles. The Labute approximate surface area is 137 Å². The minimum absolute atomic E-state index is 0.0581. The van der Waals surface area contributed by atoms with E-state index in [2.05, 4.69) is 15.6 Å². The van der Waals surface area contributed by atoms with E-state index in [0.717, 1.165) is 18.9 Å². The topological polar surface area (TPSA) is 123 Å². The van der Waals surface area contributed by atoms with Crippen LogP contribution in [0.5, 0.6) is 0 Å². The first-order chi connectivity index (χ1) is 10.9. The van der Waals surface area contributed by atoms with Gasteiger partial charge in [0.25, 0.3) is 0 Å². The van der Waals surface area contributed by atoms with Crippen molar-refractivity contribution < 1.29 is 14.0 Å². The summed E-state index contributed by atoms with van der Waals surface area (Å²) in [5.41, 5.74) is 10.8. The molecular formula is C14H17ClFN5O2. The molecule has 1 aromatic rings. The fourth-order valence-corrected chi connectivity index (χ4v) is 2.57. The predicted molar refractivity (Wildman–Crippen MR) is 85.4 cm³/mol. The van der Waals surface area contributed by atoms with E-state index in [1.54, 1.807) is 0 Å². The molecule has 0 aromatic heterocycles. The third-order valence-electron chi connectivity index (χ3n) is 3.49. The standard InChI is InChI=1S/C14H17ClFN5O2/c15-8-5-4-7(6-9(8)16)19-12(22)13(23)20-10-2-1-3-11(10)21-14(17)18/h4-6,10-11H,1-3H2,(H,19,22)(H,20,23)(H4,17,18,21). The molecule has 0 aliphatic heterocycles. The number of rotatable bonds is 3. The zero-order valence-electron chi connectivity index (χ0n) is 12.2. The van der Waals surface area contributed by atoms with Gasteiger partial charge in [0.1, 0.15) is 5.82 Å². The summed E-state index contributed by atoms with van der Waals surface area (Å²) in [7, 11) is 0. The lowest BCUT2D eigenvalue weighted by atomic mass is 10.2. The van der Waals surface area contributed by atoms with E-state index >= 15 is 0 Å². The Balaban J connectivity index is 1.96. The Morgan fingerprint density at radius 3 is 2.65 bits per heavy atom. The number of nitrogens with zero attached hydrogens (tertiary/aromatic N) is 1. The molecule has 1 saturated carbocycles. The summed E-state index contributed by atoms with van der Waals surface area (Å²) in [5.74, 6) is -2.48. The molecule has 0 spiro atoms. The van der Waals surface area contributed by atoms with Crippen molar-refractivity contribution in [2.45, 2.75) is 31.3 Å². The fraction of sp³-hybridized carbons (Fsp3) is 0.357. The second-order valence-corrected chi connectivity index (χ2v) is 5.62. The summed E-state index contributed by atoms with van der Waals surface area (Å²) >= 11 is 5.55. The van der Waals surface area contributed by atoms with Crippen molar-refractivity contribution in [3.05, 3.63) is 29.0 Å². The van der Waals surface area contributed by atoms with Gasteiger partial charge in [-0.3, -0.25) is 9.59 Å². The summed E-state index contributed by atoms with van der Waals surface area (Å²) in [6.07, 6.45) is 2.25. The number of anilines is 1. The molecule has 9 heteroatoms. The van der Waals surface area contributed by atoms with Crippen LogP contribution in [-0.2, 0) is 9.59 Å². The molecule has 23 heavy (non-hydrogen) atoms. The van der Waals surface area contributed by atoms with Crippen molar-refractivity contribution in [3.63, 3.8) is 0 Å². The molecule has 7 nitrogen and oxygen atoms in total. The minimum Gasteiger partial charge on any atom is -0.370 e. The highest BCUT2D eigenvalue weighted by atomic mass is 35.5. The first kappa shape index (κ1) is 17.0. The number of halogens is 2. The third-order valence-corrected chi connectivity index (χ3v) is 3.80. The van der Waals surface area contributed by atoms with Crippen LogP contribution in [0.4, 0.5) is 10.1 Å². The van der Waals surface area contributed by atoms with Crippen LogP contribution in [0.25, 0.3) is 0 Å². The zero-order chi connectivity index (χ0) is 17.0. The maximum absolute atomic E-state index is 13.3. The highest BCUT2D eigenvalue weighted by Gasteiger charge is 2.30. The summed E-state index contributed by atoms with van der Waals surface area (Å²) in [5, 5.41) is 4.82. The molecule has 1 fully saturated rings. The third kappa shape index (κ3) is 4.56. The second kappa shape index (κ2) is 7.28. The van der Waals surface area contributed by atoms with Gasteiger partial charge < -0.3 is 22.1 Å². The van der Waals surface area contributed by atoms with Crippen LogP contribution in [0.15, 0.2) is 23.2 Å². The van der Waals surface area contributed by atoms with Crippen LogP contribution >= 0.6 is 11.6 Å². The molecule has 1 aliphatic rings. The fourth-order valence-electron chi connectivity index (χ4n) is 2.45. The van der Waals surface area contributed by atoms with Gasteiger partial charge in [-0.15, -0.1) is 0 Å². The number of carbonyl (C=O) groups excluding carboxylic acids is 2. The molecule has 6 N–H and O–H groups in total. The number of amides is 2. The van der Waals surface area contributed by atoms with Crippen molar-refractivity contribution in [1.82, 2.24) is 5.32 Å². The Hall–Kier alpha value is -2.35. The van der Waals surface area contributed by atoms with E-state index in [1.807, 2.05) is 0 Å². The zero-order valence-corrected chi connectivity index (χ0v) is 12.9. The second-order valence-electron chi connectivity index (χ2n) is 5.22. The van der Waals surface area contributed by atoms with E-state index in [1.165, 1.54) is 12.1 Å². The normalized spacial score (nSPS) is 19.9. The Morgan fingerprint density at radius 2 is 2.00 bits per heavy atom. The lowest BCUT2D eigenvalue weighted by molar-refractivity contribution is -0.136. The first-order valence-electron chi connectivity index (χ1n) is 7.02. The summed E-state index contributed by atoms with van der Waals surface area (Å²) in [4.78, 5) is 27.8. The number of carbonyl (C=O) groups is 2. The molecular weight excluding hydrogens is 325 g/mol. The minimum atomic E-state index is -0.901. The molecule has 2 amide bonds. The van der Waals surface area contributed by atoms with Crippen molar-refractivity contribution in [3.8, 4) is 0 Å². The van der Waals surface area contributed by atoms with Gasteiger partial charge in [0.2, 0.25) is 0 Å². The van der Waals surface area contributed by atoms with Crippen molar-refractivity contribution in [2.75, 3.05) is 5.32 Å². The van der Waals surface area contributed by atoms with Gasteiger partial charge in [0.15, 0.2) is 5.96 Å². The lowest BCUT2D eigenvalue weighted by Gasteiger charge is -2.17. The SMILES string of the molecule is NC(N)=NC1CCCC1NC(=O)C(=O)Nc1ccc(Cl)c(F)c1. The van der Waals surface area contributed by atoms with Gasteiger partial charge in [-0.25, -0.2) is 9.38 Å². The lowest BCUT2D eigenvalue weighted by Crippen LogP contribution is -2.45. The maximum atomic E-state index is 13.3. The average Bonchev–Trinajstić information content (AvgIpc) is 2.89. The highest BCUT2D eigenvalue weighted by Crippen LogP contribution is 2.22. The molecule has 0 saturated heterocycles. The van der Waals surface area contributed by atoms with Gasteiger partial charge in [-0.2, -0.15) is 0 Å². The predicted octanol–water partition coefficient (Wildman–Crippen LogP) is 0.728. The number of hydrogen-bond acceptors (Lipinski definition) is 3. The van der Waals surface area contributed by atoms with E-state index < -0.39 is 17.6 Å². The summed E-state index contributed by atoms with van der Waals surface area (Å²) < 4.78 is 13.3. The summed E-state index contributed by atoms with van der Waals surface area (Å²) in [6, 6.07) is 3.16. The van der Waals surface area contributed by atoms with Crippen molar-refractivity contribution >= 4 is 35.1 Å². The number of guanidine groups is 1. The molecule has 2 atom stereocenters. The molecule has 124 valence electrons. The Morgan fingerprint density at radius 1 is 1.26 bits per heavy atom. The van der Waals surface area contributed by atoms with Crippen molar-refractivity contribution in [1.29, 1.82) is 0 Å². The van der Waals surface area contributed by atoms with Crippen LogP contribution in [-0.4, -0.2) is 29.9 Å². The maximum Gasteiger partial charge on any atom is 0.313 e. The first-order valence-corrected chi connectivity index (χ1v) is 7.40. The van der Waals surface area contributed by atoms with E-state index in [-0.39, 0.29) is 28.8 Å². The number of nitrogens with one attached hydrogen (secondary N) is 2. The average molecular weight is 342 g/mol. The van der Waals surface area contributed by atoms with Crippen LogP contribution < -0.4 is 22.1 Å². The van der Waals surface area contributed by atoms with Gasteiger partial charge in [-0.05, 0) is 37.5 Å². The molecule has 0 radical (unpaired) electrons.